The van der Waals surface area contributed by atoms with Gasteiger partial charge >= 0.3 is 0 Å². The number of hydrogen-bond donors (Lipinski definition) is 0. The molecule has 0 unspecified atom stereocenters. The van der Waals surface area contributed by atoms with Crippen LogP contribution >= 0.6 is 0 Å². The lowest BCUT2D eigenvalue weighted by Crippen LogP contribution is -2.52. The lowest BCUT2D eigenvalue weighted by molar-refractivity contribution is -0.143. The van der Waals surface area contributed by atoms with Gasteiger partial charge in [0.1, 0.15) is 17.2 Å². The molecule has 0 N–H and O–H groups in total. The normalized spacial score (nSPS) is 18.8. The van der Waals surface area contributed by atoms with Crippen molar-refractivity contribution in [2.45, 2.75) is 32.7 Å². The lowest BCUT2D eigenvalue weighted by Gasteiger charge is -2.42. The second-order valence-electron chi connectivity index (χ2n) is 9.37. The molecule has 1 amide bonds. The van der Waals surface area contributed by atoms with Crippen molar-refractivity contribution in [2.24, 2.45) is 5.41 Å². The van der Waals surface area contributed by atoms with Gasteiger partial charge < -0.3 is 14.2 Å². The Morgan fingerprint density at radius 1 is 1.18 bits per heavy atom. The third-order valence-corrected chi connectivity index (χ3v) is 6.48. The van der Waals surface area contributed by atoms with Gasteiger partial charge in [-0.05, 0) is 44.0 Å². The molecular weight excluding hydrogens is 414 g/mol. The third-order valence-electron chi connectivity index (χ3n) is 6.48. The lowest BCUT2D eigenvalue weighted by atomic mass is 9.75. The van der Waals surface area contributed by atoms with Crippen LogP contribution in [0.2, 0.25) is 0 Å². The van der Waals surface area contributed by atoms with E-state index in [0.29, 0.717) is 13.0 Å². The predicted octanol–water partition coefficient (Wildman–Crippen LogP) is 4.57. The average molecular weight is 448 g/mol. The van der Waals surface area contributed by atoms with Gasteiger partial charge in [0.15, 0.2) is 0 Å². The number of nitrogens with zero attached hydrogens (tertiary/aromatic N) is 3. The summed E-state index contributed by atoms with van der Waals surface area (Å²) in [4.78, 5) is 17.5. The highest BCUT2D eigenvalue weighted by atomic mass is 16.5. The minimum atomic E-state index is -0.537. The van der Waals surface area contributed by atoms with E-state index < -0.39 is 5.41 Å². The van der Waals surface area contributed by atoms with Gasteiger partial charge in [0.25, 0.3) is 0 Å². The van der Waals surface area contributed by atoms with Crippen molar-refractivity contribution in [1.82, 2.24) is 15.0 Å². The number of aromatic nitrogens is 1. The molecule has 4 rings (SSSR count). The summed E-state index contributed by atoms with van der Waals surface area (Å²) < 4.78 is 11.1. The number of carbonyl (C=O) groups excluding carboxylic acids is 1. The molecule has 0 spiro atoms. The summed E-state index contributed by atoms with van der Waals surface area (Å²) in [6.45, 7) is 4.49. The highest BCUT2D eigenvalue weighted by Crippen LogP contribution is 2.37. The Morgan fingerprint density at radius 3 is 2.70 bits per heavy atom. The number of amides is 1. The number of carbonyl (C=O) groups is 1. The van der Waals surface area contributed by atoms with E-state index in [1.165, 1.54) is 11.1 Å². The number of rotatable bonds is 7. The fourth-order valence-electron chi connectivity index (χ4n) is 4.85. The first kappa shape index (κ1) is 23.1. The van der Waals surface area contributed by atoms with Crippen molar-refractivity contribution >= 4 is 5.91 Å². The zero-order chi connectivity index (χ0) is 23.4. The maximum Gasteiger partial charge on any atom is 0.230 e. The second-order valence-corrected chi connectivity index (χ2v) is 9.37. The van der Waals surface area contributed by atoms with Crippen LogP contribution in [-0.2, 0) is 17.8 Å². The minimum absolute atomic E-state index is 0.145. The van der Waals surface area contributed by atoms with Crippen LogP contribution in [0.5, 0.6) is 5.75 Å². The SMILES string of the molecule is COc1cccc(CN2CCC[C@](Cc3cc(-c4ccc(C)cc4)no3)(C(=O)N(C)C)C2)c1. The van der Waals surface area contributed by atoms with Crippen molar-refractivity contribution in [1.29, 1.82) is 0 Å². The largest absolute Gasteiger partial charge is 0.497 e. The molecule has 33 heavy (non-hydrogen) atoms. The Kier molecular flexibility index (Phi) is 6.84. The van der Waals surface area contributed by atoms with Crippen molar-refractivity contribution in [3.05, 3.63) is 71.5 Å². The first-order chi connectivity index (χ1) is 15.9. The first-order valence-electron chi connectivity index (χ1n) is 11.5. The van der Waals surface area contributed by atoms with E-state index in [4.69, 9.17) is 9.26 Å². The van der Waals surface area contributed by atoms with Gasteiger partial charge in [0, 0.05) is 45.2 Å². The predicted molar refractivity (Wildman–Crippen MR) is 129 cm³/mol. The van der Waals surface area contributed by atoms with E-state index in [0.717, 1.165) is 48.7 Å². The second kappa shape index (κ2) is 9.79. The van der Waals surface area contributed by atoms with Crippen LogP contribution in [0.3, 0.4) is 0 Å². The van der Waals surface area contributed by atoms with Gasteiger partial charge in [-0.15, -0.1) is 0 Å². The molecular formula is C27H33N3O3. The van der Waals surface area contributed by atoms with Crippen molar-refractivity contribution in [2.75, 3.05) is 34.3 Å². The summed E-state index contributed by atoms with van der Waals surface area (Å²) in [6, 6.07) is 18.4. The van der Waals surface area contributed by atoms with Crippen molar-refractivity contribution < 1.29 is 14.1 Å². The summed E-state index contributed by atoms with van der Waals surface area (Å²) in [5, 5.41) is 4.30. The van der Waals surface area contributed by atoms with Gasteiger partial charge in [0.05, 0.1) is 12.5 Å². The van der Waals surface area contributed by atoms with Crippen LogP contribution in [-0.4, -0.2) is 55.2 Å². The smallest absolute Gasteiger partial charge is 0.230 e. The van der Waals surface area contributed by atoms with E-state index in [1.807, 2.05) is 44.4 Å². The van der Waals surface area contributed by atoms with Crippen LogP contribution in [0.1, 0.15) is 29.7 Å². The monoisotopic (exact) mass is 447 g/mol. The third kappa shape index (κ3) is 5.28. The van der Waals surface area contributed by atoms with E-state index in [9.17, 15) is 4.79 Å². The van der Waals surface area contributed by atoms with Crippen molar-refractivity contribution in [3.8, 4) is 17.0 Å². The van der Waals surface area contributed by atoms with Crippen molar-refractivity contribution in [3.63, 3.8) is 0 Å². The van der Waals surface area contributed by atoms with Crippen LogP contribution < -0.4 is 4.74 Å². The molecule has 2 aromatic carbocycles. The molecule has 0 radical (unpaired) electrons. The van der Waals surface area contributed by atoms with Gasteiger partial charge in [-0.1, -0.05) is 47.1 Å². The van der Waals surface area contributed by atoms with E-state index in [1.54, 1.807) is 12.0 Å². The maximum atomic E-state index is 13.5. The van der Waals surface area contributed by atoms with Gasteiger partial charge in [-0.25, -0.2) is 0 Å². The molecule has 1 atom stereocenters. The standard InChI is InChI=1S/C27H33N3O3/c1-20-9-11-22(12-10-20)25-16-24(33-28-25)17-27(26(31)29(2)3)13-6-14-30(19-27)18-21-7-5-8-23(15-21)32-4/h5,7-12,15-16H,6,13-14,17-19H2,1-4H3/t27-/m1/s1. The highest BCUT2D eigenvalue weighted by Gasteiger charge is 2.44. The summed E-state index contributed by atoms with van der Waals surface area (Å²) >= 11 is 0. The highest BCUT2D eigenvalue weighted by molar-refractivity contribution is 5.83. The number of hydrogen-bond acceptors (Lipinski definition) is 5. The number of methoxy groups -OCH3 is 1. The number of likely N-dealkylation sites (tertiary alicyclic amines) is 1. The molecule has 1 aromatic heterocycles. The summed E-state index contributed by atoms with van der Waals surface area (Å²) in [6.07, 6.45) is 2.33. The van der Waals surface area contributed by atoms with Gasteiger partial charge in [-0.3, -0.25) is 9.69 Å². The number of piperidine rings is 1. The summed E-state index contributed by atoms with van der Waals surface area (Å²) in [5.74, 6) is 1.75. The Morgan fingerprint density at radius 2 is 1.97 bits per heavy atom. The molecule has 0 bridgehead atoms. The molecule has 1 saturated heterocycles. The molecule has 6 heteroatoms. The first-order valence-corrected chi connectivity index (χ1v) is 11.5. The fraction of sp³-hybridized carbons (Fsp3) is 0.407. The quantitative estimate of drug-likeness (QED) is 0.531. The Balaban J connectivity index is 1.56. The molecule has 6 nitrogen and oxygen atoms in total. The zero-order valence-corrected chi connectivity index (χ0v) is 20.0. The molecule has 0 saturated carbocycles. The molecule has 1 aliphatic heterocycles. The number of aryl methyl sites for hydroxylation is 1. The van der Waals surface area contributed by atoms with Crippen LogP contribution in [0.4, 0.5) is 0 Å². The Hall–Kier alpha value is -3.12. The Bertz CT molecular complexity index is 1090. The minimum Gasteiger partial charge on any atom is -0.497 e. The average Bonchev–Trinajstić information content (AvgIpc) is 3.27. The topological polar surface area (TPSA) is 58.8 Å². The molecule has 3 aromatic rings. The van der Waals surface area contributed by atoms with Crippen LogP contribution in [0.15, 0.2) is 59.1 Å². The van der Waals surface area contributed by atoms with Crippen LogP contribution in [0.25, 0.3) is 11.3 Å². The molecule has 174 valence electrons. The fourth-order valence-corrected chi connectivity index (χ4v) is 4.85. The van der Waals surface area contributed by atoms with E-state index in [-0.39, 0.29) is 5.91 Å². The molecule has 1 aliphatic rings. The Labute approximate surface area is 196 Å². The summed E-state index contributed by atoms with van der Waals surface area (Å²) in [7, 11) is 5.36. The van der Waals surface area contributed by atoms with Gasteiger partial charge in [0.2, 0.25) is 5.91 Å². The molecule has 2 heterocycles. The zero-order valence-electron chi connectivity index (χ0n) is 20.0. The number of benzene rings is 2. The van der Waals surface area contributed by atoms with E-state index >= 15 is 0 Å². The van der Waals surface area contributed by atoms with Gasteiger partial charge in [-0.2, -0.15) is 0 Å². The number of ether oxygens (including phenoxy) is 1. The summed E-state index contributed by atoms with van der Waals surface area (Å²) in [5.41, 5.74) is 3.68. The van der Waals surface area contributed by atoms with E-state index in [2.05, 4.69) is 41.2 Å². The maximum absolute atomic E-state index is 13.5. The molecule has 1 fully saturated rings. The molecule has 0 aliphatic carbocycles. The van der Waals surface area contributed by atoms with Crippen LogP contribution in [0, 0.1) is 12.3 Å².